The molecule has 0 radical (unpaired) electrons. The van der Waals surface area contributed by atoms with Crippen LogP contribution in [0.25, 0.3) is 0 Å². The first-order valence-corrected chi connectivity index (χ1v) is 6.90. The van der Waals surface area contributed by atoms with Crippen LogP contribution < -0.4 is 0 Å². The van der Waals surface area contributed by atoms with Crippen LogP contribution in [0.3, 0.4) is 0 Å². The molecule has 1 aromatic heterocycles. The van der Waals surface area contributed by atoms with Gasteiger partial charge in [-0.15, -0.1) is 0 Å². The van der Waals surface area contributed by atoms with Gasteiger partial charge in [-0.25, -0.2) is 9.97 Å². The lowest BCUT2D eigenvalue weighted by Crippen LogP contribution is -2.21. The molecule has 0 aliphatic heterocycles. The molecule has 0 unspecified atom stereocenters. The van der Waals surface area contributed by atoms with E-state index < -0.39 is 6.10 Å². The molecule has 0 bridgehead atoms. The molecule has 1 aliphatic rings. The lowest BCUT2D eigenvalue weighted by atomic mass is 9.73. The molecule has 1 N–H and O–H groups in total. The Hall–Kier alpha value is -0.960. The van der Waals surface area contributed by atoms with Gasteiger partial charge in [0.05, 0.1) is 6.10 Å². The number of hydrogen-bond donors (Lipinski definition) is 1. The first-order valence-electron chi connectivity index (χ1n) is 6.90. The summed E-state index contributed by atoms with van der Waals surface area (Å²) >= 11 is 0. The molecule has 100 valence electrons. The molecular formula is C15H24N2O. The molecule has 1 aliphatic carbocycles. The number of aryl methyl sites for hydroxylation is 1. The second-order valence-electron chi connectivity index (χ2n) is 6.38. The minimum atomic E-state index is -0.482. The molecule has 3 nitrogen and oxygen atoms in total. The van der Waals surface area contributed by atoms with Crippen molar-refractivity contribution >= 4 is 0 Å². The van der Waals surface area contributed by atoms with Crippen molar-refractivity contribution in [2.75, 3.05) is 0 Å². The van der Waals surface area contributed by atoms with Crippen molar-refractivity contribution in [2.45, 2.75) is 65.4 Å². The van der Waals surface area contributed by atoms with Gasteiger partial charge < -0.3 is 5.11 Å². The average Bonchev–Trinajstić information content (AvgIpc) is 2.28. The zero-order valence-electron chi connectivity index (χ0n) is 11.9. The zero-order valence-corrected chi connectivity index (χ0v) is 11.9. The molecule has 0 spiro atoms. The summed E-state index contributed by atoms with van der Waals surface area (Å²) in [5.41, 5.74) is 2.24. The molecule has 1 atom stereocenters. The molecule has 0 saturated heterocycles. The smallest absolute Gasteiger partial charge is 0.131 e. The van der Waals surface area contributed by atoms with E-state index in [-0.39, 0.29) is 0 Å². The summed E-state index contributed by atoms with van der Waals surface area (Å²) in [7, 11) is 0. The number of aliphatic hydroxyl groups excluding tert-OH is 1. The predicted octanol–water partition coefficient (Wildman–Crippen LogP) is 3.52. The summed E-state index contributed by atoms with van der Waals surface area (Å²) in [5, 5.41) is 9.59. The van der Waals surface area contributed by atoms with Crippen molar-refractivity contribution in [3.05, 3.63) is 23.3 Å². The molecule has 1 heterocycles. The minimum absolute atomic E-state index is 0.477. The third-order valence-electron chi connectivity index (χ3n) is 4.19. The van der Waals surface area contributed by atoms with E-state index in [0.717, 1.165) is 17.1 Å². The minimum Gasteiger partial charge on any atom is -0.389 e. The van der Waals surface area contributed by atoms with Gasteiger partial charge in [-0.3, -0.25) is 0 Å². The summed E-state index contributed by atoms with van der Waals surface area (Å²) < 4.78 is 0. The standard InChI is InChI=1S/C15H24N2O/c1-10-13(11(2)18)9-16-14(17-10)12-5-7-15(3,4)8-6-12/h9,11-12,18H,5-8H2,1-4H3/t11-/m0/s1. The third kappa shape index (κ3) is 2.89. The molecule has 0 amide bonds. The van der Waals surface area contributed by atoms with Crippen LogP contribution in [0.4, 0.5) is 0 Å². The van der Waals surface area contributed by atoms with E-state index in [1.807, 2.05) is 6.92 Å². The normalized spacial score (nSPS) is 21.8. The highest BCUT2D eigenvalue weighted by Crippen LogP contribution is 2.41. The molecule has 1 saturated carbocycles. The molecule has 2 rings (SSSR count). The fourth-order valence-electron chi connectivity index (χ4n) is 2.76. The number of aromatic nitrogens is 2. The van der Waals surface area contributed by atoms with Gasteiger partial charge >= 0.3 is 0 Å². The first kappa shape index (κ1) is 13.5. The van der Waals surface area contributed by atoms with Crippen molar-refractivity contribution in [1.29, 1.82) is 0 Å². The topological polar surface area (TPSA) is 46.0 Å². The highest BCUT2D eigenvalue weighted by atomic mass is 16.3. The second-order valence-corrected chi connectivity index (χ2v) is 6.38. The van der Waals surface area contributed by atoms with E-state index in [0.29, 0.717) is 11.3 Å². The highest BCUT2D eigenvalue weighted by molar-refractivity contribution is 5.19. The fourth-order valence-corrected chi connectivity index (χ4v) is 2.76. The van der Waals surface area contributed by atoms with E-state index in [4.69, 9.17) is 0 Å². The summed E-state index contributed by atoms with van der Waals surface area (Å²) in [4.78, 5) is 9.06. The molecule has 18 heavy (non-hydrogen) atoms. The molecule has 0 aromatic carbocycles. The van der Waals surface area contributed by atoms with Crippen LogP contribution in [0, 0.1) is 12.3 Å². The molecular weight excluding hydrogens is 224 g/mol. The van der Waals surface area contributed by atoms with E-state index in [9.17, 15) is 5.11 Å². The van der Waals surface area contributed by atoms with Crippen molar-refractivity contribution in [3.63, 3.8) is 0 Å². The third-order valence-corrected chi connectivity index (χ3v) is 4.19. The average molecular weight is 248 g/mol. The van der Waals surface area contributed by atoms with Gasteiger partial charge in [0.15, 0.2) is 0 Å². The molecule has 1 aromatic rings. The van der Waals surface area contributed by atoms with Gasteiger partial charge in [0.25, 0.3) is 0 Å². The molecule has 3 heteroatoms. The Morgan fingerprint density at radius 1 is 1.33 bits per heavy atom. The number of aliphatic hydroxyl groups is 1. The quantitative estimate of drug-likeness (QED) is 0.871. The second kappa shape index (κ2) is 4.96. The number of nitrogens with zero attached hydrogens (tertiary/aromatic N) is 2. The van der Waals surface area contributed by atoms with Gasteiger partial charge in [-0.1, -0.05) is 13.8 Å². The van der Waals surface area contributed by atoms with Gasteiger partial charge in [0.2, 0.25) is 0 Å². The summed E-state index contributed by atoms with van der Waals surface area (Å²) in [6, 6.07) is 0. The number of rotatable bonds is 2. The predicted molar refractivity (Wildman–Crippen MR) is 72.4 cm³/mol. The lowest BCUT2D eigenvalue weighted by Gasteiger charge is -2.33. The largest absolute Gasteiger partial charge is 0.389 e. The van der Waals surface area contributed by atoms with Crippen molar-refractivity contribution in [3.8, 4) is 0 Å². The van der Waals surface area contributed by atoms with Crippen LogP contribution >= 0.6 is 0 Å². The Kier molecular flexibility index (Phi) is 3.71. The maximum absolute atomic E-state index is 9.59. The van der Waals surface area contributed by atoms with Crippen LogP contribution in [0.1, 0.15) is 75.6 Å². The summed E-state index contributed by atoms with van der Waals surface area (Å²) in [6.07, 6.45) is 6.17. The monoisotopic (exact) mass is 248 g/mol. The van der Waals surface area contributed by atoms with Crippen LogP contribution in [0.5, 0.6) is 0 Å². The maximum Gasteiger partial charge on any atom is 0.131 e. The number of hydrogen-bond acceptors (Lipinski definition) is 3. The molecule has 1 fully saturated rings. The van der Waals surface area contributed by atoms with E-state index in [1.165, 1.54) is 25.7 Å². The summed E-state index contributed by atoms with van der Waals surface area (Å²) in [6.45, 7) is 8.40. The zero-order chi connectivity index (χ0) is 13.3. The fraction of sp³-hybridized carbons (Fsp3) is 0.733. The Bertz CT molecular complexity index is 417. The Balaban J connectivity index is 2.13. The van der Waals surface area contributed by atoms with Gasteiger partial charge in [0.1, 0.15) is 5.82 Å². The van der Waals surface area contributed by atoms with E-state index >= 15 is 0 Å². The first-order chi connectivity index (χ1) is 8.39. The Morgan fingerprint density at radius 3 is 2.44 bits per heavy atom. The summed E-state index contributed by atoms with van der Waals surface area (Å²) in [5.74, 6) is 1.46. The van der Waals surface area contributed by atoms with Crippen LogP contribution in [-0.2, 0) is 0 Å². The van der Waals surface area contributed by atoms with Crippen LogP contribution in [0.15, 0.2) is 6.20 Å². The van der Waals surface area contributed by atoms with Gasteiger partial charge in [-0.05, 0) is 44.9 Å². The highest BCUT2D eigenvalue weighted by Gasteiger charge is 2.29. The van der Waals surface area contributed by atoms with E-state index in [2.05, 4.69) is 23.8 Å². The van der Waals surface area contributed by atoms with Gasteiger partial charge in [-0.2, -0.15) is 0 Å². The van der Waals surface area contributed by atoms with Crippen LogP contribution in [0.2, 0.25) is 0 Å². The Labute approximate surface area is 110 Å². The van der Waals surface area contributed by atoms with Crippen molar-refractivity contribution in [1.82, 2.24) is 9.97 Å². The SMILES string of the molecule is Cc1nc(C2CCC(C)(C)CC2)ncc1[C@H](C)O. The van der Waals surface area contributed by atoms with Crippen molar-refractivity contribution in [2.24, 2.45) is 5.41 Å². The van der Waals surface area contributed by atoms with Crippen molar-refractivity contribution < 1.29 is 5.11 Å². The Morgan fingerprint density at radius 2 is 1.94 bits per heavy atom. The lowest BCUT2D eigenvalue weighted by molar-refractivity contribution is 0.196. The van der Waals surface area contributed by atoms with Crippen LogP contribution in [-0.4, -0.2) is 15.1 Å². The van der Waals surface area contributed by atoms with E-state index in [1.54, 1.807) is 13.1 Å². The van der Waals surface area contributed by atoms with Gasteiger partial charge in [0, 0.05) is 23.4 Å². The maximum atomic E-state index is 9.59.